The summed E-state index contributed by atoms with van der Waals surface area (Å²) in [6, 6.07) is 7.79. The number of halogens is 1. The Labute approximate surface area is 115 Å². The molecular formula is C13H15BrN4. The van der Waals surface area contributed by atoms with Crippen molar-refractivity contribution in [3.05, 3.63) is 40.1 Å². The van der Waals surface area contributed by atoms with Crippen molar-refractivity contribution in [1.29, 1.82) is 0 Å². The molecule has 0 aliphatic carbocycles. The third-order valence-electron chi connectivity index (χ3n) is 2.57. The minimum absolute atomic E-state index is 0.483. The fraction of sp³-hybridized carbons (Fsp3) is 0.231. The van der Waals surface area contributed by atoms with E-state index in [0.29, 0.717) is 5.82 Å². The molecule has 0 aliphatic rings. The summed E-state index contributed by atoms with van der Waals surface area (Å²) < 4.78 is 1.02. The smallest absolute Gasteiger partial charge is 0.136 e. The quantitative estimate of drug-likeness (QED) is 0.912. The summed E-state index contributed by atoms with van der Waals surface area (Å²) in [5.41, 5.74) is 7.91. The number of aryl methyl sites for hydroxylation is 2. The molecule has 1 aromatic heterocycles. The summed E-state index contributed by atoms with van der Waals surface area (Å²) in [6.07, 6.45) is 0.761. The van der Waals surface area contributed by atoms with Gasteiger partial charge in [-0.2, -0.15) is 0 Å². The zero-order chi connectivity index (χ0) is 13.1. The van der Waals surface area contributed by atoms with Crippen molar-refractivity contribution in [3.63, 3.8) is 0 Å². The summed E-state index contributed by atoms with van der Waals surface area (Å²) >= 11 is 3.45. The normalized spacial score (nSPS) is 10.4. The van der Waals surface area contributed by atoms with Gasteiger partial charge in [0.2, 0.25) is 0 Å². The van der Waals surface area contributed by atoms with Crippen LogP contribution in [0.25, 0.3) is 0 Å². The van der Waals surface area contributed by atoms with E-state index in [2.05, 4.69) is 31.2 Å². The highest BCUT2D eigenvalue weighted by Crippen LogP contribution is 2.24. The Morgan fingerprint density at radius 1 is 1.28 bits per heavy atom. The lowest BCUT2D eigenvalue weighted by atomic mass is 10.2. The van der Waals surface area contributed by atoms with Crippen LogP contribution in [0.4, 0.5) is 17.3 Å². The number of nitrogens with zero attached hydrogens (tertiary/aromatic N) is 2. The number of benzene rings is 1. The van der Waals surface area contributed by atoms with Crippen LogP contribution in [0.2, 0.25) is 0 Å². The number of aromatic nitrogens is 2. The summed E-state index contributed by atoms with van der Waals surface area (Å²) in [4.78, 5) is 8.55. The molecule has 2 aromatic rings. The van der Waals surface area contributed by atoms with Crippen LogP contribution >= 0.6 is 15.9 Å². The van der Waals surface area contributed by atoms with Crippen molar-refractivity contribution in [2.45, 2.75) is 20.3 Å². The van der Waals surface area contributed by atoms with Crippen LogP contribution in [0.3, 0.4) is 0 Å². The van der Waals surface area contributed by atoms with Gasteiger partial charge in [0.15, 0.2) is 0 Å². The first-order valence-electron chi connectivity index (χ1n) is 5.75. The lowest BCUT2D eigenvalue weighted by molar-refractivity contribution is 0.948. The summed E-state index contributed by atoms with van der Waals surface area (Å²) in [5.74, 6) is 1.95. The average molecular weight is 307 g/mol. The van der Waals surface area contributed by atoms with Crippen LogP contribution in [-0.2, 0) is 6.42 Å². The molecule has 0 amide bonds. The Hall–Kier alpha value is -1.62. The predicted octanol–water partition coefficient (Wildman–Crippen LogP) is 3.44. The van der Waals surface area contributed by atoms with Crippen molar-refractivity contribution in [1.82, 2.24) is 9.97 Å². The van der Waals surface area contributed by atoms with Gasteiger partial charge in [0.05, 0.1) is 0 Å². The topological polar surface area (TPSA) is 63.8 Å². The van der Waals surface area contributed by atoms with Gasteiger partial charge in [0, 0.05) is 22.6 Å². The number of nitrogens with one attached hydrogen (secondary N) is 1. The second kappa shape index (κ2) is 5.35. The fourth-order valence-corrected chi connectivity index (χ4v) is 1.97. The molecule has 1 heterocycles. The molecule has 0 bridgehead atoms. The Bertz CT molecular complexity index is 569. The van der Waals surface area contributed by atoms with Crippen molar-refractivity contribution in [3.8, 4) is 0 Å². The van der Waals surface area contributed by atoms with Gasteiger partial charge < -0.3 is 11.1 Å². The standard InChI is InChI=1S/C13H15BrN4/c1-3-12-17-11(15)7-13(18-12)16-10-6-9(14)5-4-8(10)2/h4-7H,3H2,1-2H3,(H3,15,16,17,18). The Morgan fingerprint density at radius 3 is 2.78 bits per heavy atom. The van der Waals surface area contributed by atoms with Gasteiger partial charge in [-0.05, 0) is 24.6 Å². The zero-order valence-electron chi connectivity index (χ0n) is 10.4. The lowest BCUT2D eigenvalue weighted by Gasteiger charge is -2.10. The Morgan fingerprint density at radius 2 is 2.06 bits per heavy atom. The maximum Gasteiger partial charge on any atom is 0.136 e. The fourth-order valence-electron chi connectivity index (χ4n) is 1.61. The minimum Gasteiger partial charge on any atom is -0.384 e. The van der Waals surface area contributed by atoms with E-state index in [1.807, 2.05) is 32.0 Å². The number of anilines is 3. The predicted molar refractivity (Wildman–Crippen MR) is 78.0 cm³/mol. The van der Waals surface area contributed by atoms with E-state index < -0.39 is 0 Å². The molecule has 0 saturated carbocycles. The highest BCUT2D eigenvalue weighted by Gasteiger charge is 2.04. The van der Waals surface area contributed by atoms with Crippen molar-refractivity contribution < 1.29 is 0 Å². The molecule has 0 fully saturated rings. The van der Waals surface area contributed by atoms with Gasteiger partial charge in [-0.15, -0.1) is 0 Å². The highest BCUT2D eigenvalue weighted by molar-refractivity contribution is 9.10. The van der Waals surface area contributed by atoms with Crippen LogP contribution in [0.5, 0.6) is 0 Å². The number of hydrogen-bond acceptors (Lipinski definition) is 4. The van der Waals surface area contributed by atoms with E-state index in [1.54, 1.807) is 6.07 Å². The van der Waals surface area contributed by atoms with Crippen LogP contribution in [0.1, 0.15) is 18.3 Å². The monoisotopic (exact) mass is 306 g/mol. The highest BCUT2D eigenvalue weighted by atomic mass is 79.9. The molecule has 0 aliphatic heterocycles. The summed E-state index contributed by atoms with van der Waals surface area (Å²) in [6.45, 7) is 4.04. The molecule has 0 atom stereocenters. The first-order valence-corrected chi connectivity index (χ1v) is 6.54. The van der Waals surface area contributed by atoms with Gasteiger partial charge in [0.1, 0.15) is 17.5 Å². The van der Waals surface area contributed by atoms with Gasteiger partial charge >= 0.3 is 0 Å². The van der Waals surface area contributed by atoms with Crippen molar-refractivity contribution >= 4 is 33.3 Å². The zero-order valence-corrected chi connectivity index (χ0v) is 12.0. The van der Waals surface area contributed by atoms with Gasteiger partial charge in [-0.1, -0.05) is 28.9 Å². The van der Waals surface area contributed by atoms with Gasteiger partial charge in [-0.3, -0.25) is 0 Å². The first kappa shape index (κ1) is 12.8. The molecule has 0 saturated heterocycles. The van der Waals surface area contributed by atoms with E-state index in [4.69, 9.17) is 5.73 Å². The Kier molecular flexibility index (Phi) is 3.81. The van der Waals surface area contributed by atoms with E-state index in [0.717, 1.165) is 33.8 Å². The first-order chi connectivity index (χ1) is 8.58. The third kappa shape index (κ3) is 2.98. The van der Waals surface area contributed by atoms with Crippen LogP contribution < -0.4 is 11.1 Å². The maximum atomic E-state index is 5.76. The molecule has 0 spiro atoms. The SMILES string of the molecule is CCc1nc(N)cc(Nc2cc(Br)ccc2C)n1. The van der Waals surface area contributed by atoms with E-state index in [1.165, 1.54) is 0 Å². The largest absolute Gasteiger partial charge is 0.384 e. The van der Waals surface area contributed by atoms with Crippen molar-refractivity contribution in [2.75, 3.05) is 11.1 Å². The molecule has 18 heavy (non-hydrogen) atoms. The molecule has 5 heteroatoms. The molecule has 0 radical (unpaired) electrons. The van der Waals surface area contributed by atoms with E-state index >= 15 is 0 Å². The maximum absolute atomic E-state index is 5.76. The van der Waals surface area contributed by atoms with E-state index in [-0.39, 0.29) is 0 Å². The minimum atomic E-state index is 0.483. The van der Waals surface area contributed by atoms with Gasteiger partial charge in [0.25, 0.3) is 0 Å². The lowest BCUT2D eigenvalue weighted by Crippen LogP contribution is -2.03. The summed E-state index contributed by atoms with van der Waals surface area (Å²) in [5, 5.41) is 3.27. The number of nitrogen functional groups attached to an aromatic ring is 1. The van der Waals surface area contributed by atoms with Crippen LogP contribution in [-0.4, -0.2) is 9.97 Å². The second-order valence-corrected chi connectivity index (χ2v) is 4.95. The molecule has 4 nitrogen and oxygen atoms in total. The molecular weight excluding hydrogens is 292 g/mol. The number of nitrogens with two attached hydrogens (primary N) is 1. The molecule has 3 N–H and O–H groups in total. The summed E-state index contributed by atoms with van der Waals surface area (Å²) in [7, 11) is 0. The average Bonchev–Trinajstić information content (AvgIpc) is 2.33. The van der Waals surface area contributed by atoms with Crippen molar-refractivity contribution in [2.24, 2.45) is 0 Å². The molecule has 94 valence electrons. The number of hydrogen-bond donors (Lipinski definition) is 2. The molecule has 2 rings (SSSR count). The van der Waals surface area contributed by atoms with Gasteiger partial charge in [-0.25, -0.2) is 9.97 Å². The number of rotatable bonds is 3. The molecule has 0 unspecified atom stereocenters. The molecule has 1 aromatic carbocycles. The van der Waals surface area contributed by atoms with Crippen LogP contribution in [0.15, 0.2) is 28.7 Å². The third-order valence-corrected chi connectivity index (χ3v) is 3.06. The Balaban J connectivity index is 2.33. The second-order valence-electron chi connectivity index (χ2n) is 4.03. The van der Waals surface area contributed by atoms with Crippen LogP contribution in [0, 0.1) is 6.92 Å². The van der Waals surface area contributed by atoms with E-state index in [9.17, 15) is 0 Å².